The Hall–Kier alpha value is -5.16. The molecular formula is C41H36N4O. The summed E-state index contributed by atoms with van der Waals surface area (Å²) in [5, 5.41) is 2.11. The van der Waals surface area contributed by atoms with Crippen molar-refractivity contribution in [2.75, 3.05) is 0 Å². The molecule has 0 saturated heterocycles. The van der Waals surface area contributed by atoms with Crippen LogP contribution in [0.15, 0.2) is 108 Å². The van der Waals surface area contributed by atoms with Gasteiger partial charge in [0.2, 0.25) is 0 Å². The number of hydrogen-bond acceptors (Lipinski definition) is 5. The summed E-state index contributed by atoms with van der Waals surface area (Å²) in [7, 11) is 0. The molecule has 0 bridgehead atoms. The monoisotopic (exact) mass is 600 g/mol. The van der Waals surface area contributed by atoms with Gasteiger partial charge in [0.1, 0.15) is 11.2 Å². The normalized spacial score (nSPS) is 16.6. The number of hydrogen-bond donors (Lipinski definition) is 0. The molecule has 5 heteroatoms. The van der Waals surface area contributed by atoms with Crippen molar-refractivity contribution in [3.8, 4) is 45.4 Å². The van der Waals surface area contributed by atoms with E-state index < -0.39 is 0 Å². The molecule has 0 fully saturated rings. The quantitative estimate of drug-likeness (QED) is 0.201. The van der Waals surface area contributed by atoms with Gasteiger partial charge in [-0.05, 0) is 64.6 Å². The molecule has 8 rings (SSSR count). The van der Waals surface area contributed by atoms with Crippen LogP contribution in [0.25, 0.3) is 67.4 Å². The first-order valence-corrected chi connectivity index (χ1v) is 16.0. The maximum Gasteiger partial charge on any atom is 0.167 e. The maximum absolute atomic E-state index is 6.37. The number of furan rings is 1. The maximum atomic E-state index is 6.37. The molecule has 0 radical (unpaired) electrons. The van der Waals surface area contributed by atoms with Crippen LogP contribution in [0.2, 0.25) is 0 Å². The summed E-state index contributed by atoms with van der Waals surface area (Å²) in [4.78, 5) is 20.0. The van der Waals surface area contributed by atoms with Gasteiger partial charge in [-0.1, -0.05) is 107 Å². The zero-order chi connectivity index (χ0) is 31.8. The number of benzene rings is 4. The molecule has 1 aliphatic carbocycles. The van der Waals surface area contributed by atoms with Crippen molar-refractivity contribution in [2.45, 2.75) is 52.9 Å². The fourth-order valence-electron chi connectivity index (χ4n) is 7.13. The third-order valence-electron chi connectivity index (χ3n) is 10.8. The second-order valence-corrected chi connectivity index (χ2v) is 13.7. The molecule has 0 spiro atoms. The first-order valence-electron chi connectivity index (χ1n) is 16.0. The van der Waals surface area contributed by atoms with Gasteiger partial charge < -0.3 is 4.42 Å². The summed E-state index contributed by atoms with van der Waals surface area (Å²) in [6, 6.07) is 33.3. The molecule has 0 aliphatic heterocycles. The molecule has 46 heavy (non-hydrogen) atoms. The Bertz CT molecular complexity index is 2300. The number of nitrogens with zero attached hydrogens (tertiary/aromatic N) is 4. The van der Waals surface area contributed by atoms with Gasteiger partial charge in [0.15, 0.2) is 17.5 Å². The van der Waals surface area contributed by atoms with E-state index >= 15 is 0 Å². The van der Waals surface area contributed by atoms with Gasteiger partial charge in [0.25, 0.3) is 0 Å². The van der Waals surface area contributed by atoms with Crippen LogP contribution in [0.5, 0.6) is 0 Å². The van der Waals surface area contributed by atoms with E-state index in [2.05, 4.69) is 77.9 Å². The zero-order valence-electron chi connectivity index (χ0n) is 27.1. The van der Waals surface area contributed by atoms with Gasteiger partial charge in [-0.2, -0.15) is 0 Å². The summed E-state index contributed by atoms with van der Waals surface area (Å²) in [6.45, 7) is 14.0. The van der Waals surface area contributed by atoms with Crippen molar-refractivity contribution in [3.63, 3.8) is 0 Å². The van der Waals surface area contributed by atoms with Crippen LogP contribution in [0.4, 0.5) is 0 Å². The summed E-state index contributed by atoms with van der Waals surface area (Å²) in [5.41, 5.74) is 10.5. The van der Waals surface area contributed by atoms with Crippen LogP contribution in [0, 0.1) is 12.3 Å². The Morgan fingerprint density at radius 3 is 2.13 bits per heavy atom. The highest BCUT2D eigenvalue weighted by Gasteiger charge is 2.50. The predicted octanol–water partition coefficient (Wildman–Crippen LogP) is 10.6. The molecule has 4 aromatic carbocycles. The molecule has 1 aliphatic rings. The highest BCUT2D eigenvalue weighted by Crippen LogP contribution is 2.58. The smallest absolute Gasteiger partial charge is 0.167 e. The number of pyridine rings is 1. The van der Waals surface area contributed by atoms with Gasteiger partial charge in [-0.25, -0.2) is 15.0 Å². The van der Waals surface area contributed by atoms with Crippen molar-refractivity contribution in [3.05, 3.63) is 120 Å². The first kappa shape index (κ1) is 28.3. The van der Waals surface area contributed by atoms with E-state index in [1.54, 1.807) is 0 Å². The minimum absolute atomic E-state index is 0.104. The zero-order valence-corrected chi connectivity index (χ0v) is 27.1. The molecule has 3 aromatic heterocycles. The SMILES string of the molecule is Cc1cc(-c2ccc3c(c2)C(C)C(C)(C)C3(C)C)ncc1-c1nc(-c2ccccc2)nc(-c2cccc3c2oc2ccccc23)n1. The van der Waals surface area contributed by atoms with Crippen molar-refractivity contribution in [1.82, 2.24) is 19.9 Å². The van der Waals surface area contributed by atoms with Crippen LogP contribution in [0.3, 0.4) is 0 Å². The van der Waals surface area contributed by atoms with E-state index in [9.17, 15) is 0 Å². The third kappa shape index (κ3) is 4.22. The second kappa shape index (κ2) is 10.2. The minimum atomic E-state index is 0.104. The minimum Gasteiger partial charge on any atom is -0.455 e. The summed E-state index contributed by atoms with van der Waals surface area (Å²) >= 11 is 0. The first-order chi connectivity index (χ1) is 22.1. The average molecular weight is 601 g/mol. The molecular weight excluding hydrogens is 564 g/mol. The summed E-state index contributed by atoms with van der Waals surface area (Å²) in [5.74, 6) is 2.21. The molecule has 226 valence electrons. The van der Waals surface area contributed by atoms with Crippen molar-refractivity contribution in [2.24, 2.45) is 5.41 Å². The van der Waals surface area contributed by atoms with Crippen molar-refractivity contribution < 1.29 is 4.42 Å². The fourth-order valence-corrected chi connectivity index (χ4v) is 7.13. The lowest BCUT2D eigenvalue weighted by atomic mass is 9.65. The van der Waals surface area contributed by atoms with E-state index in [4.69, 9.17) is 24.4 Å². The van der Waals surface area contributed by atoms with Crippen LogP contribution < -0.4 is 0 Å². The van der Waals surface area contributed by atoms with Gasteiger partial charge in [0.05, 0.1) is 11.3 Å². The molecule has 7 aromatic rings. The topological polar surface area (TPSA) is 64.7 Å². The van der Waals surface area contributed by atoms with Crippen LogP contribution in [0.1, 0.15) is 57.2 Å². The van der Waals surface area contributed by atoms with Gasteiger partial charge in [-0.15, -0.1) is 0 Å². The second-order valence-electron chi connectivity index (χ2n) is 13.7. The van der Waals surface area contributed by atoms with Crippen LogP contribution in [-0.4, -0.2) is 19.9 Å². The number of aryl methyl sites for hydroxylation is 1. The number of rotatable bonds is 4. The molecule has 0 amide bonds. The van der Waals surface area contributed by atoms with Crippen molar-refractivity contribution in [1.29, 1.82) is 0 Å². The van der Waals surface area contributed by atoms with E-state index in [1.807, 2.05) is 66.9 Å². The van der Waals surface area contributed by atoms with Gasteiger partial charge >= 0.3 is 0 Å². The third-order valence-corrected chi connectivity index (χ3v) is 10.8. The van der Waals surface area contributed by atoms with E-state index in [0.717, 1.165) is 55.4 Å². The van der Waals surface area contributed by atoms with E-state index in [1.165, 1.54) is 11.1 Å². The van der Waals surface area contributed by atoms with Crippen LogP contribution in [-0.2, 0) is 5.41 Å². The molecule has 1 atom stereocenters. The molecule has 0 saturated carbocycles. The molecule has 0 N–H and O–H groups in total. The lowest BCUT2D eigenvalue weighted by molar-refractivity contribution is 0.190. The Morgan fingerprint density at radius 2 is 1.35 bits per heavy atom. The predicted molar refractivity (Wildman–Crippen MR) is 187 cm³/mol. The van der Waals surface area contributed by atoms with E-state index in [-0.39, 0.29) is 10.8 Å². The highest BCUT2D eigenvalue weighted by molar-refractivity contribution is 6.09. The number of fused-ring (bicyclic) bond motifs is 4. The Balaban J connectivity index is 1.26. The largest absolute Gasteiger partial charge is 0.455 e. The number of aromatic nitrogens is 4. The molecule has 3 heterocycles. The Labute approximate surface area is 269 Å². The molecule has 1 unspecified atom stereocenters. The van der Waals surface area contributed by atoms with E-state index in [0.29, 0.717) is 23.4 Å². The van der Waals surface area contributed by atoms with Crippen molar-refractivity contribution >= 4 is 21.9 Å². The summed E-state index contributed by atoms with van der Waals surface area (Å²) in [6.07, 6.45) is 1.91. The van der Waals surface area contributed by atoms with Crippen LogP contribution >= 0.6 is 0 Å². The Kier molecular flexibility index (Phi) is 6.27. The Morgan fingerprint density at radius 1 is 0.652 bits per heavy atom. The average Bonchev–Trinajstić information content (AvgIpc) is 3.52. The van der Waals surface area contributed by atoms with Gasteiger partial charge in [0, 0.05) is 33.7 Å². The fraction of sp³-hybridized carbons (Fsp3) is 0.220. The standard InChI is InChI=1S/C41H36N4O/c1-24-21-34(27-19-20-33-31(22-27)25(2)40(3,4)41(33,5)6)42-23-32(24)39-44-37(26-13-8-7-9-14-26)43-38(45-39)30-17-12-16-29-28-15-10-11-18-35(28)46-36(29)30/h7-23,25H,1-6H3. The highest BCUT2D eigenvalue weighted by atomic mass is 16.3. The number of para-hydroxylation sites is 2. The molecule has 5 nitrogen and oxygen atoms in total. The van der Waals surface area contributed by atoms with Gasteiger partial charge in [-0.3, -0.25) is 4.98 Å². The summed E-state index contributed by atoms with van der Waals surface area (Å²) < 4.78 is 6.37. The lowest BCUT2D eigenvalue weighted by Gasteiger charge is -2.38. The lowest BCUT2D eigenvalue weighted by Crippen LogP contribution is -2.33.